The van der Waals surface area contributed by atoms with Gasteiger partial charge in [0.15, 0.2) is 0 Å². The lowest BCUT2D eigenvalue weighted by Crippen LogP contribution is -2.45. The summed E-state index contributed by atoms with van der Waals surface area (Å²) in [6.45, 7) is 3.44. The van der Waals surface area contributed by atoms with E-state index in [9.17, 15) is 9.59 Å². The molecule has 15 heavy (non-hydrogen) atoms. The predicted octanol–water partition coefficient (Wildman–Crippen LogP) is 0.730. The number of hydrogen-bond acceptors (Lipinski definition) is 3. The molecular weight excluding hydrogens is 196 g/mol. The Morgan fingerprint density at radius 3 is 2.87 bits per heavy atom. The van der Waals surface area contributed by atoms with Gasteiger partial charge in [0.2, 0.25) is 0 Å². The first-order valence-corrected chi connectivity index (χ1v) is 5.36. The monoisotopic (exact) mass is 214 g/mol. The number of carbonyl (C=O) groups excluding carboxylic acids is 2. The van der Waals surface area contributed by atoms with E-state index in [0.29, 0.717) is 19.7 Å². The summed E-state index contributed by atoms with van der Waals surface area (Å²) in [5, 5.41) is 0. The number of ether oxygens (including phenoxy) is 1. The van der Waals surface area contributed by atoms with Gasteiger partial charge in [0, 0.05) is 13.1 Å². The third-order valence-electron chi connectivity index (χ3n) is 2.51. The Balaban J connectivity index is 2.41. The van der Waals surface area contributed by atoms with Gasteiger partial charge in [-0.1, -0.05) is 6.92 Å². The highest BCUT2D eigenvalue weighted by molar-refractivity contribution is 5.76. The molecule has 2 amide bonds. The Hall–Kier alpha value is -1.26. The van der Waals surface area contributed by atoms with Crippen molar-refractivity contribution in [3.8, 4) is 0 Å². The van der Waals surface area contributed by atoms with Crippen LogP contribution in [0.3, 0.4) is 0 Å². The van der Waals surface area contributed by atoms with Crippen LogP contribution in [0.2, 0.25) is 0 Å². The van der Waals surface area contributed by atoms with Gasteiger partial charge in [-0.2, -0.15) is 0 Å². The highest BCUT2D eigenvalue weighted by Gasteiger charge is 2.28. The van der Waals surface area contributed by atoms with Crippen LogP contribution in [0.1, 0.15) is 26.2 Å². The Labute approximate surface area is 89.6 Å². The minimum absolute atomic E-state index is 0.196. The predicted molar refractivity (Wildman–Crippen MR) is 55.1 cm³/mol. The number of urea groups is 1. The molecule has 2 N–H and O–H groups in total. The van der Waals surface area contributed by atoms with Crippen LogP contribution in [-0.2, 0) is 9.53 Å². The molecule has 0 aliphatic carbocycles. The molecule has 1 unspecified atom stereocenters. The maximum absolute atomic E-state index is 11.5. The van der Waals surface area contributed by atoms with Crippen LogP contribution in [0, 0.1) is 5.92 Å². The van der Waals surface area contributed by atoms with Gasteiger partial charge in [-0.15, -0.1) is 0 Å². The van der Waals surface area contributed by atoms with Crippen molar-refractivity contribution in [1.29, 1.82) is 0 Å². The third-order valence-corrected chi connectivity index (χ3v) is 2.51. The lowest BCUT2D eigenvalue weighted by atomic mass is 9.98. The second-order valence-corrected chi connectivity index (χ2v) is 3.79. The first-order chi connectivity index (χ1) is 7.15. The second-order valence-electron chi connectivity index (χ2n) is 3.79. The summed E-state index contributed by atoms with van der Waals surface area (Å²) in [6, 6.07) is -0.456. The minimum Gasteiger partial charge on any atom is -0.465 e. The fraction of sp³-hybridized carbons (Fsp3) is 0.800. The molecule has 0 saturated carbocycles. The number of esters is 1. The second kappa shape index (κ2) is 5.58. The van der Waals surface area contributed by atoms with E-state index in [2.05, 4.69) is 0 Å². The Bertz CT molecular complexity index is 243. The zero-order valence-corrected chi connectivity index (χ0v) is 9.07. The number of primary amides is 1. The summed E-state index contributed by atoms with van der Waals surface area (Å²) in [5.41, 5.74) is 5.16. The maximum atomic E-state index is 11.5. The van der Waals surface area contributed by atoms with Gasteiger partial charge in [-0.3, -0.25) is 4.79 Å². The van der Waals surface area contributed by atoms with Crippen LogP contribution in [0.5, 0.6) is 0 Å². The van der Waals surface area contributed by atoms with Crippen LogP contribution in [-0.4, -0.2) is 36.6 Å². The maximum Gasteiger partial charge on any atom is 0.314 e. The number of hydrogen-bond donors (Lipinski definition) is 1. The van der Waals surface area contributed by atoms with E-state index in [4.69, 9.17) is 10.5 Å². The number of likely N-dealkylation sites (tertiary alicyclic amines) is 1. The third kappa shape index (κ3) is 3.42. The Kier molecular flexibility index (Phi) is 4.39. The van der Waals surface area contributed by atoms with Gasteiger partial charge in [0.25, 0.3) is 0 Å². The van der Waals surface area contributed by atoms with Gasteiger partial charge >= 0.3 is 12.0 Å². The van der Waals surface area contributed by atoms with Crippen LogP contribution in [0.25, 0.3) is 0 Å². The summed E-state index contributed by atoms with van der Waals surface area (Å²) in [5.74, 6) is -0.402. The van der Waals surface area contributed by atoms with E-state index < -0.39 is 6.03 Å². The van der Waals surface area contributed by atoms with Crippen molar-refractivity contribution in [2.45, 2.75) is 26.2 Å². The van der Waals surface area contributed by atoms with E-state index in [-0.39, 0.29) is 11.9 Å². The summed E-state index contributed by atoms with van der Waals surface area (Å²) >= 11 is 0. The summed E-state index contributed by atoms with van der Waals surface area (Å²) in [6.07, 6.45) is 2.42. The number of piperidine rings is 1. The molecule has 5 heteroatoms. The number of amides is 2. The number of nitrogens with two attached hydrogens (primary N) is 1. The van der Waals surface area contributed by atoms with Crippen LogP contribution in [0.15, 0.2) is 0 Å². The zero-order valence-electron chi connectivity index (χ0n) is 9.07. The molecule has 0 aromatic rings. The van der Waals surface area contributed by atoms with Crippen molar-refractivity contribution in [3.63, 3.8) is 0 Å². The van der Waals surface area contributed by atoms with Crippen molar-refractivity contribution >= 4 is 12.0 Å². The van der Waals surface area contributed by atoms with Crippen molar-refractivity contribution in [1.82, 2.24) is 4.90 Å². The van der Waals surface area contributed by atoms with Gasteiger partial charge in [-0.25, -0.2) is 4.79 Å². The normalized spacial score (nSPS) is 21.1. The van der Waals surface area contributed by atoms with Gasteiger partial charge in [0.05, 0.1) is 12.5 Å². The summed E-state index contributed by atoms with van der Waals surface area (Å²) in [4.78, 5) is 24.0. The average molecular weight is 214 g/mol. The summed E-state index contributed by atoms with van der Waals surface area (Å²) in [7, 11) is 0. The SMILES string of the molecule is CCCOC(=O)C1CCCN(C(N)=O)C1. The molecule has 0 bridgehead atoms. The highest BCUT2D eigenvalue weighted by atomic mass is 16.5. The quantitative estimate of drug-likeness (QED) is 0.704. The molecule has 1 atom stereocenters. The first-order valence-electron chi connectivity index (χ1n) is 5.36. The molecule has 1 rings (SSSR count). The van der Waals surface area contributed by atoms with Crippen molar-refractivity contribution in [2.24, 2.45) is 11.7 Å². The number of rotatable bonds is 3. The molecule has 1 fully saturated rings. The van der Waals surface area contributed by atoms with Crippen molar-refractivity contribution in [3.05, 3.63) is 0 Å². The molecule has 1 aliphatic rings. The molecule has 0 radical (unpaired) electrons. The molecule has 1 saturated heterocycles. The van der Waals surface area contributed by atoms with Crippen LogP contribution < -0.4 is 5.73 Å². The lowest BCUT2D eigenvalue weighted by Gasteiger charge is -2.30. The molecular formula is C10H18N2O3. The number of carbonyl (C=O) groups is 2. The van der Waals surface area contributed by atoms with Gasteiger partial charge < -0.3 is 15.4 Å². The largest absolute Gasteiger partial charge is 0.465 e. The molecule has 5 nitrogen and oxygen atoms in total. The van der Waals surface area contributed by atoms with E-state index >= 15 is 0 Å². The molecule has 0 spiro atoms. The van der Waals surface area contributed by atoms with Crippen molar-refractivity contribution in [2.75, 3.05) is 19.7 Å². The first kappa shape index (κ1) is 11.8. The Morgan fingerprint density at radius 1 is 1.53 bits per heavy atom. The topological polar surface area (TPSA) is 72.6 Å². The van der Waals surface area contributed by atoms with E-state index in [1.54, 1.807) is 0 Å². The van der Waals surface area contributed by atoms with E-state index in [0.717, 1.165) is 19.3 Å². The fourth-order valence-corrected chi connectivity index (χ4v) is 1.69. The average Bonchev–Trinajstić information content (AvgIpc) is 2.26. The molecule has 1 heterocycles. The van der Waals surface area contributed by atoms with E-state index in [1.165, 1.54) is 4.90 Å². The van der Waals surface area contributed by atoms with Gasteiger partial charge in [0.1, 0.15) is 0 Å². The molecule has 86 valence electrons. The van der Waals surface area contributed by atoms with Crippen LogP contribution in [0.4, 0.5) is 4.79 Å². The molecule has 0 aromatic carbocycles. The van der Waals surface area contributed by atoms with E-state index in [1.807, 2.05) is 6.92 Å². The molecule has 1 aliphatic heterocycles. The lowest BCUT2D eigenvalue weighted by molar-refractivity contribution is -0.150. The Morgan fingerprint density at radius 2 is 2.27 bits per heavy atom. The summed E-state index contributed by atoms with van der Waals surface area (Å²) < 4.78 is 5.04. The molecule has 0 aromatic heterocycles. The number of nitrogens with zero attached hydrogens (tertiary/aromatic N) is 1. The minimum atomic E-state index is -0.456. The smallest absolute Gasteiger partial charge is 0.314 e. The van der Waals surface area contributed by atoms with Crippen LogP contribution >= 0.6 is 0 Å². The standard InChI is InChI=1S/C10H18N2O3/c1-2-6-15-9(13)8-4-3-5-12(7-8)10(11)14/h8H,2-7H2,1H3,(H2,11,14). The van der Waals surface area contributed by atoms with Crippen molar-refractivity contribution < 1.29 is 14.3 Å². The van der Waals surface area contributed by atoms with Gasteiger partial charge in [-0.05, 0) is 19.3 Å². The zero-order chi connectivity index (χ0) is 11.3. The highest BCUT2D eigenvalue weighted by Crippen LogP contribution is 2.17. The fourth-order valence-electron chi connectivity index (χ4n) is 1.69.